The standard InChI is InChI=1S/C29H37N3O3/c1-21(23-9-6-5-7-10-23)32(18-22-12-14-24(15-13-22)29(2,3)4)19-27-31-26(20-35-27)28(33)30-17-25-11-8-16-34-25/h5-7,9-10,12-15,20-21,25H,8,11,16-19H2,1-4H3,(H,30,33). The Labute approximate surface area is 208 Å². The van der Waals surface area contributed by atoms with Crippen molar-refractivity contribution in [2.45, 2.75) is 71.2 Å². The lowest BCUT2D eigenvalue weighted by molar-refractivity contribution is 0.0853. The molecule has 35 heavy (non-hydrogen) atoms. The number of benzene rings is 2. The molecule has 6 nitrogen and oxygen atoms in total. The van der Waals surface area contributed by atoms with Crippen LogP contribution in [0.25, 0.3) is 0 Å². The Morgan fingerprint density at radius 2 is 1.86 bits per heavy atom. The highest BCUT2D eigenvalue weighted by Gasteiger charge is 2.22. The highest BCUT2D eigenvalue weighted by atomic mass is 16.5. The quantitative estimate of drug-likeness (QED) is 0.433. The van der Waals surface area contributed by atoms with Crippen LogP contribution in [0.15, 0.2) is 65.3 Å². The second kappa shape index (κ2) is 11.2. The third kappa shape index (κ3) is 6.80. The van der Waals surface area contributed by atoms with Gasteiger partial charge in [0.2, 0.25) is 5.89 Å². The van der Waals surface area contributed by atoms with Crippen LogP contribution in [0.2, 0.25) is 0 Å². The van der Waals surface area contributed by atoms with Crippen molar-refractivity contribution in [2.24, 2.45) is 0 Å². The molecule has 186 valence electrons. The fraction of sp³-hybridized carbons (Fsp3) is 0.448. The Balaban J connectivity index is 1.47. The van der Waals surface area contributed by atoms with Crippen LogP contribution in [0.5, 0.6) is 0 Å². The first-order chi connectivity index (χ1) is 16.8. The number of amides is 1. The molecular formula is C29H37N3O3. The topological polar surface area (TPSA) is 67.6 Å². The molecule has 1 aliphatic heterocycles. The maximum absolute atomic E-state index is 12.6. The summed E-state index contributed by atoms with van der Waals surface area (Å²) in [6.45, 7) is 11.4. The van der Waals surface area contributed by atoms with E-state index in [-0.39, 0.29) is 23.5 Å². The van der Waals surface area contributed by atoms with Gasteiger partial charge in [0.05, 0.1) is 12.6 Å². The van der Waals surface area contributed by atoms with Crippen LogP contribution < -0.4 is 5.32 Å². The van der Waals surface area contributed by atoms with Crippen LogP contribution in [0, 0.1) is 0 Å². The highest BCUT2D eigenvalue weighted by molar-refractivity contribution is 5.91. The maximum atomic E-state index is 12.6. The normalized spacial score (nSPS) is 17.0. The van der Waals surface area contributed by atoms with Gasteiger partial charge in [-0.2, -0.15) is 0 Å². The first kappa shape index (κ1) is 25.1. The average Bonchev–Trinajstić information content (AvgIpc) is 3.54. The van der Waals surface area contributed by atoms with Crippen LogP contribution in [0.1, 0.15) is 79.6 Å². The molecule has 4 rings (SSSR count). The minimum Gasteiger partial charge on any atom is -0.447 e. The summed E-state index contributed by atoms with van der Waals surface area (Å²) in [7, 11) is 0. The molecule has 1 aliphatic rings. The Kier molecular flexibility index (Phi) is 8.04. The van der Waals surface area contributed by atoms with Gasteiger partial charge in [0.15, 0.2) is 5.69 Å². The first-order valence-electron chi connectivity index (χ1n) is 12.5. The third-order valence-corrected chi connectivity index (χ3v) is 6.67. The monoisotopic (exact) mass is 475 g/mol. The summed E-state index contributed by atoms with van der Waals surface area (Å²) in [5.74, 6) is 0.303. The second-order valence-corrected chi connectivity index (χ2v) is 10.4. The molecule has 6 heteroatoms. The molecule has 1 fully saturated rings. The summed E-state index contributed by atoms with van der Waals surface area (Å²) in [6.07, 6.45) is 3.57. The molecule has 1 N–H and O–H groups in total. The van der Waals surface area contributed by atoms with Gasteiger partial charge in [0, 0.05) is 25.7 Å². The number of hydrogen-bond acceptors (Lipinski definition) is 5. The number of nitrogens with zero attached hydrogens (tertiary/aromatic N) is 2. The summed E-state index contributed by atoms with van der Waals surface area (Å²) in [5.41, 5.74) is 4.19. The van der Waals surface area contributed by atoms with Crippen molar-refractivity contribution in [3.8, 4) is 0 Å². The highest BCUT2D eigenvalue weighted by Crippen LogP contribution is 2.26. The number of hydrogen-bond donors (Lipinski definition) is 1. The number of aromatic nitrogens is 1. The van der Waals surface area contributed by atoms with E-state index >= 15 is 0 Å². The fourth-order valence-electron chi connectivity index (χ4n) is 4.38. The summed E-state index contributed by atoms with van der Waals surface area (Å²) in [4.78, 5) is 19.4. The van der Waals surface area contributed by atoms with E-state index in [1.54, 1.807) is 0 Å². The predicted molar refractivity (Wildman–Crippen MR) is 137 cm³/mol. The second-order valence-electron chi connectivity index (χ2n) is 10.4. The average molecular weight is 476 g/mol. The van der Waals surface area contributed by atoms with Gasteiger partial charge < -0.3 is 14.5 Å². The van der Waals surface area contributed by atoms with E-state index < -0.39 is 0 Å². The molecular weight excluding hydrogens is 438 g/mol. The van der Waals surface area contributed by atoms with Crippen molar-refractivity contribution >= 4 is 5.91 Å². The Morgan fingerprint density at radius 1 is 1.11 bits per heavy atom. The van der Waals surface area contributed by atoms with E-state index in [0.29, 0.717) is 24.7 Å². The van der Waals surface area contributed by atoms with Crippen molar-refractivity contribution in [2.75, 3.05) is 13.2 Å². The van der Waals surface area contributed by atoms with Crippen molar-refractivity contribution in [3.63, 3.8) is 0 Å². The zero-order chi connectivity index (χ0) is 24.8. The minimum atomic E-state index is -0.226. The summed E-state index contributed by atoms with van der Waals surface area (Å²) >= 11 is 0. The zero-order valence-corrected chi connectivity index (χ0v) is 21.3. The van der Waals surface area contributed by atoms with Crippen molar-refractivity contribution in [1.29, 1.82) is 0 Å². The molecule has 2 heterocycles. The van der Waals surface area contributed by atoms with Crippen LogP contribution >= 0.6 is 0 Å². The van der Waals surface area contributed by atoms with E-state index in [4.69, 9.17) is 9.15 Å². The number of rotatable bonds is 9. The summed E-state index contributed by atoms with van der Waals surface area (Å²) in [6, 6.07) is 19.4. The molecule has 0 saturated carbocycles. The molecule has 2 atom stereocenters. The lowest BCUT2D eigenvalue weighted by Gasteiger charge is -2.29. The summed E-state index contributed by atoms with van der Waals surface area (Å²) in [5, 5.41) is 2.91. The molecule has 2 unspecified atom stereocenters. The van der Waals surface area contributed by atoms with Gasteiger partial charge in [-0.15, -0.1) is 0 Å². The lowest BCUT2D eigenvalue weighted by atomic mass is 9.86. The lowest BCUT2D eigenvalue weighted by Crippen LogP contribution is -2.32. The van der Waals surface area contributed by atoms with Gasteiger partial charge >= 0.3 is 0 Å². The predicted octanol–water partition coefficient (Wildman–Crippen LogP) is 5.64. The molecule has 1 saturated heterocycles. The number of oxazole rings is 1. The van der Waals surface area contributed by atoms with Crippen molar-refractivity contribution in [3.05, 3.63) is 89.1 Å². The van der Waals surface area contributed by atoms with Crippen LogP contribution in [-0.2, 0) is 23.2 Å². The minimum absolute atomic E-state index is 0.0946. The maximum Gasteiger partial charge on any atom is 0.273 e. The largest absolute Gasteiger partial charge is 0.447 e. The Bertz CT molecular complexity index is 1080. The molecule has 3 aromatic rings. The SMILES string of the molecule is CC(c1ccccc1)N(Cc1ccc(C(C)(C)C)cc1)Cc1nc(C(=O)NCC2CCCO2)co1. The van der Waals surface area contributed by atoms with Crippen LogP contribution in [-0.4, -0.2) is 35.0 Å². The van der Waals surface area contributed by atoms with E-state index in [1.165, 1.54) is 23.0 Å². The van der Waals surface area contributed by atoms with Gasteiger partial charge in [-0.05, 0) is 41.9 Å². The molecule has 2 aromatic carbocycles. The fourth-order valence-corrected chi connectivity index (χ4v) is 4.38. The van der Waals surface area contributed by atoms with Crippen molar-refractivity contribution in [1.82, 2.24) is 15.2 Å². The molecule has 0 radical (unpaired) electrons. The number of carbonyl (C=O) groups is 1. The first-order valence-corrected chi connectivity index (χ1v) is 12.5. The number of ether oxygens (including phenoxy) is 1. The third-order valence-electron chi connectivity index (χ3n) is 6.67. The van der Waals surface area contributed by atoms with Gasteiger partial charge in [0.25, 0.3) is 5.91 Å². The Hall–Kier alpha value is -2.96. The molecule has 0 aliphatic carbocycles. The van der Waals surface area contributed by atoms with E-state index in [2.05, 4.69) is 91.4 Å². The Morgan fingerprint density at radius 3 is 2.51 bits per heavy atom. The van der Waals surface area contributed by atoms with Gasteiger partial charge in [-0.3, -0.25) is 9.69 Å². The van der Waals surface area contributed by atoms with Crippen LogP contribution in [0.3, 0.4) is 0 Å². The van der Waals surface area contributed by atoms with Crippen LogP contribution in [0.4, 0.5) is 0 Å². The molecule has 1 aromatic heterocycles. The van der Waals surface area contributed by atoms with Gasteiger partial charge in [-0.1, -0.05) is 75.4 Å². The molecule has 1 amide bonds. The molecule has 0 bridgehead atoms. The smallest absolute Gasteiger partial charge is 0.273 e. The number of nitrogens with one attached hydrogen (secondary N) is 1. The van der Waals surface area contributed by atoms with Crippen molar-refractivity contribution < 1.29 is 13.9 Å². The number of carbonyl (C=O) groups excluding carboxylic acids is 1. The van der Waals surface area contributed by atoms with Gasteiger partial charge in [0.1, 0.15) is 6.26 Å². The van der Waals surface area contributed by atoms with Gasteiger partial charge in [-0.25, -0.2) is 4.98 Å². The van der Waals surface area contributed by atoms with E-state index in [0.717, 1.165) is 26.0 Å². The zero-order valence-electron chi connectivity index (χ0n) is 21.3. The summed E-state index contributed by atoms with van der Waals surface area (Å²) < 4.78 is 11.3. The van der Waals surface area contributed by atoms with E-state index in [9.17, 15) is 4.79 Å². The molecule has 0 spiro atoms. The van der Waals surface area contributed by atoms with E-state index in [1.807, 2.05) is 6.07 Å².